The molecule has 0 atom stereocenters. The lowest BCUT2D eigenvalue weighted by Crippen LogP contribution is -2.24. The molecule has 0 aliphatic carbocycles. The van der Waals surface area contributed by atoms with Crippen LogP contribution in [0.4, 0.5) is 5.69 Å². The van der Waals surface area contributed by atoms with Gasteiger partial charge in [0.2, 0.25) is 0 Å². The van der Waals surface area contributed by atoms with Gasteiger partial charge in [0.1, 0.15) is 11.1 Å². The zero-order valence-electron chi connectivity index (χ0n) is 12.2. The van der Waals surface area contributed by atoms with Gasteiger partial charge >= 0.3 is 0 Å². The maximum Gasteiger partial charge on any atom is 0.257 e. The summed E-state index contributed by atoms with van der Waals surface area (Å²) in [5.74, 6) is -1.94. The number of nitriles is 1. The number of aromatic nitrogens is 1. The van der Waals surface area contributed by atoms with E-state index in [1.807, 2.05) is 12.1 Å². The third-order valence-electron chi connectivity index (χ3n) is 2.90. The van der Waals surface area contributed by atoms with Gasteiger partial charge in [-0.1, -0.05) is 30.0 Å². The molecular formula is C16H12N3O3S-. The molecule has 23 heavy (non-hydrogen) atoms. The molecule has 0 bridgehead atoms. The lowest BCUT2D eigenvalue weighted by Gasteiger charge is -2.10. The molecule has 1 aromatic heterocycles. The Morgan fingerprint density at radius 2 is 2.04 bits per heavy atom. The van der Waals surface area contributed by atoms with Crippen LogP contribution in [0.2, 0.25) is 0 Å². The van der Waals surface area contributed by atoms with E-state index in [-0.39, 0.29) is 27.8 Å². The second-order valence-electron chi connectivity index (χ2n) is 4.57. The molecule has 0 unspecified atom stereocenters. The molecule has 6 nitrogen and oxygen atoms in total. The average molecular weight is 326 g/mol. The van der Waals surface area contributed by atoms with Gasteiger partial charge in [-0.3, -0.25) is 4.79 Å². The first-order chi connectivity index (χ1) is 11.0. The number of pyridine rings is 1. The quantitative estimate of drug-likeness (QED) is 0.832. The van der Waals surface area contributed by atoms with Crippen LogP contribution in [0.3, 0.4) is 0 Å². The predicted molar refractivity (Wildman–Crippen MR) is 83.8 cm³/mol. The molecule has 7 heteroatoms. The Balaban J connectivity index is 2.27. The average Bonchev–Trinajstić information content (AvgIpc) is 2.53. The van der Waals surface area contributed by atoms with Crippen LogP contribution in [-0.2, 0) is 4.79 Å². The second-order valence-corrected chi connectivity index (χ2v) is 5.53. The van der Waals surface area contributed by atoms with Crippen LogP contribution in [0.25, 0.3) is 0 Å². The molecule has 2 rings (SSSR count). The van der Waals surface area contributed by atoms with Crippen molar-refractivity contribution in [2.24, 2.45) is 0 Å². The summed E-state index contributed by atoms with van der Waals surface area (Å²) in [6.07, 6.45) is 0. The number of carboxylic acids is 1. The van der Waals surface area contributed by atoms with E-state index < -0.39 is 5.97 Å². The van der Waals surface area contributed by atoms with Crippen LogP contribution < -0.4 is 10.4 Å². The molecule has 1 aromatic carbocycles. The molecule has 0 saturated heterocycles. The summed E-state index contributed by atoms with van der Waals surface area (Å²) >= 11 is 0.891. The summed E-state index contributed by atoms with van der Waals surface area (Å²) in [5, 5.41) is 22.7. The first-order valence-electron chi connectivity index (χ1n) is 6.62. The van der Waals surface area contributed by atoms with Gasteiger partial charge in [0.25, 0.3) is 5.91 Å². The fourth-order valence-corrected chi connectivity index (χ4v) is 2.57. The van der Waals surface area contributed by atoms with Crippen LogP contribution in [-0.4, -0.2) is 22.6 Å². The van der Waals surface area contributed by atoms with E-state index in [2.05, 4.69) is 10.3 Å². The number of para-hydroxylation sites is 1. The number of benzene rings is 1. The zero-order chi connectivity index (χ0) is 16.8. The number of thioether (sulfide) groups is 1. The standard InChI is InChI=1S/C16H13N3O3S/c1-10-13(15(22)19-12-5-3-2-4-6-12)7-11(8-17)16(18-10)23-9-14(20)21/h2-7H,9H2,1H3,(H,19,22)(H,20,21)/p-1. The number of nitrogens with zero attached hydrogens (tertiary/aromatic N) is 2. The highest BCUT2D eigenvalue weighted by molar-refractivity contribution is 7.99. The van der Waals surface area contributed by atoms with Crippen molar-refractivity contribution in [3.8, 4) is 6.07 Å². The minimum absolute atomic E-state index is 0.153. The Labute approximate surface area is 137 Å². The van der Waals surface area contributed by atoms with Crippen molar-refractivity contribution in [2.45, 2.75) is 11.9 Å². The number of hydrogen-bond donors (Lipinski definition) is 1. The number of amides is 1. The number of aliphatic carboxylic acids is 1. The number of hydrogen-bond acceptors (Lipinski definition) is 6. The monoisotopic (exact) mass is 326 g/mol. The number of aryl methyl sites for hydroxylation is 1. The number of nitrogens with one attached hydrogen (secondary N) is 1. The number of rotatable bonds is 5. The van der Waals surface area contributed by atoms with Crippen molar-refractivity contribution in [1.29, 1.82) is 5.26 Å². The Morgan fingerprint density at radius 3 is 2.65 bits per heavy atom. The number of anilines is 1. The Bertz CT molecular complexity index is 785. The van der Waals surface area contributed by atoms with Crippen LogP contribution in [0.1, 0.15) is 21.6 Å². The van der Waals surface area contributed by atoms with Crippen LogP contribution in [0.5, 0.6) is 0 Å². The molecule has 2 aromatic rings. The molecule has 0 aliphatic rings. The molecule has 0 fully saturated rings. The van der Waals surface area contributed by atoms with E-state index in [1.165, 1.54) is 6.07 Å². The molecule has 116 valence electrons. The molecule has 0 radical (unpaired) electrons. The van der Waals surface area contributed by atoms with E-state index in [9.17, 15) is 20.0 Å². The van der Waals surface area contributed by atoms with Crippen molar-refractivity contribution >= 4 is 29.3 Å². The molecule has 1 N–H and O–H groups in total. The summed E-state index contributed by atoms with van der Waals surface area (Å²) < 4.78 is 0. The van der Waals surface area contributed by atoms with Gasteiger partial charge in [0.15, 0.2) is 0 Å². The SMILES string of the molecule is Cc1nc(SCC(=O)[O-])c(C#N)cc1C(=O)Nc1ccccc1. The van der Waals surface area contributed by atoms with Crippen molar-refractivity contribution in [1.82, 2.24) is 4.98 Å². The molecule has 0 aliphatic heterocycles. The Kier molecular flexibility index (Phi) is 5.33. The minimum atomic E-state index is -1.25. The van der Waals surface area contributed by atoms with Crippen molar-refractivity contribution in [3.05, 3.63) is 53.2 Å². The highest BCUT2D eigenvalue weighted by Gasteiger charge is 2.15. The van der Waals surface area contributed by atoms with Gasteiger partial charge in [0.05, 0.1) is 22.8 Å². The summed E-state index contributed by atoms with van der Waals surface area (Å²) in [6, 6.07) is 12.3. The summed E-state index contributed by atoms with van der Waals surface area (Å²) in [6.45, 7) is 1.63. The number of carboxylic acid groups (broad SMARTS) is 1. The maximum atomic E-state index is 12.3. The van der Waals surface area contributed by atoms with Crippen molar-refractivity contribution in [3.63, 3.8) is 0 Å². The first kappa shape index (κ1) is 16.5. The minimum Gasteiger partial charge on any atom is -0.549 e. The van der Waals surface area contributed by atoms with E-state index >= 15 is 0 Å². The van der Waals surface area contributed by atoms with Gasteiger partial charge in [-0.2, -0.15) is 5.26 Å². The largest absolute Gasteiger partial charge is 0.549 e. The highest BCUT2D eigenvalue weighted by atomic mass is 32.2. The normalized spacial score (nSPS) is 9.91. The zero-order valence-corrected chi connectivity index (χ0v) is 13.0. The van der Waals surface area contributed by atoms with Gasteiger partial charge in [-0.25, -0.2) is 4.98 Å². The van der Waals surface area contributed by atoms with Gasteiger partial charge in [-0.15, -0.1) is 0 Å². The predicted octanol–water partition coefficient (Wildman–Crippen LogP) is 1.36. The highest BCUT2D eigenvalue weighted by Crippen LogP contribution is 2.23. The third kappa shape index (κ3) is 4.31. The fraction of sp³-hybridized carbons (Fsp3) is 0.125. The molecule has 0 spiro atoms. The maximum absolute atomic E-state index is 12.3. The lowest BCUT2D eigenvalue weighted by atomic mass is 10.1. The molecule has 1 amide bonds. The van der Waals surface area contributed by atoms with E-state index in [1.54, 1.807) is 31.2 Å². The molecule has 0 saturated carbocycles. The van der Waals surface area contributed by atoms with Gasteiger partial charge < -0.3 is 15.2 Å². The number of carbonyl (C=O) groups excluding carboxylic acids is 2. The van der Waals surface area contributed by atoms with E-state index in [0.29, 0.717) is 11.4 Å². The van der Waals surface area contributed by atoms with Gasteiger partial charge in [-0.05, 0) is 25.1 Å². The van der Waals surface area contributed by atoms with Crippen LogP contribution in [0, 0.1) is 18.3 Å². The second kappa shape index (κ2) is 7.42. The topological polar surface area (TPSA) is 106 Å². The summed E-state index contributed by atoms with van der Waals surface area (Å²) in [7, 11) is 0. The van der Waals surface area contributed by atoms with Gasteiger partial charge in [0, 0.05) is 11.4 Å². The Hall–Kier alpha value is -2.85. The fourth-order valence-electron chi connectivity index (χ4n) is 1.85. The third-order valence-corrected chi connectivity index (χ3v) is 3.87. The molecule has 1 heterocycles. The lowest BCUT2D eigenvalue weighted by molar-refractivity contribution is -0.301. The van der Waals surface area contributed by atoms with E-state index in [0.717, 1.165) is 11.8 Å². The summed E-state index contributed by atoms with van der Waals surface area (Å²) in [5.41, 5.74) is 1.47. The summed E-state index contributed by atoms with van der Waals surface area (Å²) in [4.78, 5) is 27.0. The smallest absolute Gasteiger partial charge is 0.257 e. The molecular weight excluding hydrogens is 314 g/mol. The van der Waals surface area contributed by atoms with Crippen molar-refractivity contribution < 1.29 is 14.7 Å². The van der Waals surface area contributed by atoms with E-state index in [4.69, 9.17) is 0 Å². The van der Waals surface area contributed by atoms with Crippen LogP contribution in [0.15, 0.2) is 41.4 Å². The Morgan fingerprint density at radius 1 is 1.35 bits per heavy atom. The van der Waals surface area contributed by atoms with Crippen molar-refractivity contribution in [2.75, 3.05) is 11.1 Å². The van der Waals surface area contributed by atoms with Crippen LogP contribution >= 0.6 is 11.8 Å². The first-order valence-corrected chi connectivity index (χ1v) is 7.60. The number of carbonyl (C=O) groups is 2.